The van der Waals surface area contributed by atoms with Crippen molar-refractivity contribution in [1.29, 1.82) is 0 Å². The summed E-state index contributed by atoms with van der Waals surface area (Å²) in [5, 5.41) is 9.59. The zero-order chi connectivity index (χ0) is 15.1. The van der Waals surface area contributed by atoms with E-state index in [4.69, 9.17) is 4.74 Å². The smallest absolute Gasteiger partial charge is 0.325 e. The summed E-state index contributed by atoms with van der Waals surface area (Å²) >= 11 is 0. The average Bonchev–Trinajstić information content (AvgIpc) is 2.38. The Bertz CT molecular complexity index is 496. The molecule has 0 bridgehead atoms. The Hall–Kier alpha value is -2.37. The Morgan fingerprint density at radius 3 is 2.75 bits per heavy atom. The molecule has 1 aromatic rings. The first-order valence-corrected chi connectivity index (χ1v) is 6.04. The van der Waals surface area contributed by atoms with E-state index in [1.165, 1.54) is 18.2 Å². The molecule has 1 aromatic carbocycles. The molecule has 6 heteroatoms. The van der Waals surface area contributed by atoms with E-state index in [1.807, 2.05) is 0 Å². The topological polar surface area (TPSA) is 66.8 Å². The molecule has 0 fully saturated rings. The van der Waals surface area contributed by atoms with Crippen molar-refractivity contribution in [2.24, 2.45) is 0 Å². The van der Waals surface area contributed by atoms with Crippen LogP contribution in [0.1, 0.15) is 17.3 Å². The highest BCUT2D eigenvalue weighted by molar-refractivity contribution is 5.98. The van der Waals surface area contributed by atoms with Gasteiger partial charge in [-0.2, -0.15) is 0 Å². The highest BCUT2D eigenvalue weighted by atomic mass is 19.1. The van der Waals surface area contributed by atoms with Gasteiger partial charge in [-0.3, -0.25) is 9.59 Å². The molecule has 0 saturated heterocycles. The predicted molar refractivity (Wildman–Crippen MR) is 70.8 cm³/mol. The van der Waals surface area contributed by atoms with Gasteiger partial charge >= 0.3 is 5.97 Å². The van der Waals surface area contributed by atoms with Crippen molar-refractivity contribution in [3.63, 3.8) is 0 Å². The largest absolute Gasteiger partial charge is 0.507 e. The Morgan fingerprint density at radius 1 is 1.50 bits per heavy atom. The summed E-state index contributed by atoms with van der Waals surface area (Å²) in [6.45, 7) is 4.98. The molecule has 0 radical (unpaired) electrons. The number of hydrogen-bond acceptors (Lipinski definition) is 4. The van der Waals surface area contributed by atoms with Crippen LogP contribution in [0.3, 0.4) is 0 Å². The van der Waals surface area contributed by atoms with Crippen LogP contribution in [0.4, 0.5) is 4.39 Å². The maximum Gasteiger partial charge on any atom is 0.325 e. The van der Waals surface area contributed by atoms with Crippen molar-refractivity contribution in [2.45, 2.75) is 6.92 Å². The van der Waals surface area contributed by atoms with Crippen molar-refractivity contribution < 1.29 is 23.8 Å². The summed E-state index contributed by atoms with van der Waals surface area (Å²) in [5.41, 5.74) is -0.473. The van der Waals surface area contributed by atoms with Crippen LogP contribution in [0, 0.1) is 5.82 Å². The molecule has 0 aromatic heterocycles. The second kappa shape index (κ2) is 7.28. The van der Waals surface area contributed by atoms with Gasteiger partial charge in [0, 0.05) is 6.54 Å². The zero-order valence-corrected chi connectivity index (χ0v) is 11.1. The second-order valence-corrected chi connectivity index (χ2v) is 3.91. The number of halogens is 1. The molecular weight excluding hydrogens is 265 g/mol. The maximum absolute atomic E-state index is 13.6. The van der Waals surface area contributed by atoms with E-state index in [9.17, 15) is 19.1 Å². The molecule has 1 N–H and O–H groups in total. The van der Waals surface area contributed by atoms with Gasteiger partial charge in [-0.15, -0.1) is 6.58 Å². The van der Waals surface area contributed by atoms with E-state index in [0.29, 0.717) is 0 Å². The molecule has 0 heterocycles. The van der Waals surface area contributed by atoms with E-state index in [-0.39, 0.29) is 19.7 Å². The Morgan fingerprint density at radius 2 is 2.20 bits per heavy atom. The summed E-state index contributed by atoms with van der Waals surface area (Å²) in [5.74, 6) is -2.74. The first-order valence-electron chi connectivity index (χ1n) is 6.04. The van der Waals surface area contributed by atoms with E-state index in [1.54, 1.807) is 6.92 Å². The van der Waals surface area contributed by atoms with E-state index in [0.717, 1.165) is 11.0 Å². The third-order valence-electron chi connectivity index (χ3n) is 2.47. The van der Waals surface area contributed by atoms with Gasteiger partial charge in [0.15, 0.2) is 0 Å². The van der Waals surface area contributed by atoms with Gasteiger partial charge < -0.3 is 14.7 Å². The summed E-state index contributed by atoms with van der Waals surface area (Å²) < 4.78 is 18.4. The molecule has 0 saturated carbocycles. The lowest BCUT2D eigenvalue weighted by atomic mass is 10.1. The third-order valence-corrected chi connectivity index (χ3v) is 2.47. The van der Waals surface area contributed by atoms with Gasteiger partial charge in [0.25, 0.3) is 5.91 Å². The molecular formula is C14H16FNO4. The molecule has 1 rings (SSSR count). The molecule has 0 unspecified atom stereocenters. The Kier molecular flexibility index (Phi) is 5.71. The minimum Gasteiger partial charge on any atom is -0.507 e. The van der Waals surface area contributed by atoms with Crippen LogP contribution in [0.15, 0.2) is 30.9 Å². The monoisotopic (exact) mass is 281 g/mol. The number of aromatic hydroxyl groups is 1. The fraction of sp³-hybridized carbons (Fsp3) is 0.286. The minimum atomic E-state index is -0.854. The molecule has 0 spiro atoms. The van der Waals surface area contributed by atoms with Gasteiger partial charge in [-0.25, -0.2) is 4.39 Å². The summed E-state index contributed by atoms with van der Waals surface area (Å²) in [6, 6.07) is 3.54. The van der Waals surface area contributed by atoms with Crippen LogP contribution in [0.25, 0.3) is 0 Å². The molecule has 0 aliphatic heterocycles. The number of rotatable bonds is 6. The molecule has 0 atom stereocenters. The predicted octanol–water partition coefficient (Wildman–Crippen LogP) is 1.72. The van der Waals surface area contributed by atoms with Crippen LogP contribution in [-0.4, -0.2) is 41.6 Å². The number of carbonyl (C=O) groups excluding carboxylic acids is 2. The van der Waals surface area contributed by atoms with Crippen molar-refractivity contribution in [1.82, 2.24) is 4.90 Å². The van der Waals surface area contributed by atoms with Crippen molar-refractivity contribution >= 4 is 11.9 Å². The minimum absolute atomic E-state index is 0.0332. The first-order chi connectivity index (χ1) is 9.51. The van der Waals surface area contributed by atoms with E-state index in [2.05, 4.69) is 6.58 Å². The van der Waals surface area contributed by atoms with Crippen LogP contribution in [0.5, 0.6) is 5.75 Å². The van der Waals surface area contributed by atoms with Gasteiger partial charge in [0.05, 0.1) is 6.61 Å². The number of ether oxygens (including phenoxy) is 1. The molecule has 0 aliphatic carbocycles. The van der Waals surface area contributed by atoms with Crippen LogP contribution in [0.2, 0.25) is 0 Å². The molecule has 1 amide bonds. The summed E-state index contributed by atoms with van der Waals surface area (Å²) in [4.78, 5) is 24.7. The quantitative estimate of drug-likeness (QED) is 0.637. The Labute approximate surface area is 116 Å². The lowest BCUT2D eigenvalue weighted by Gasteiger charge is -2.20. The van der Waals surface area contributed by atoms with Gasteiger partial charge in [0.1, 0.15) is 23.7 Å². The number of amides is 1. The third kappa shape index (κ3) is 3.81. The van der Waals surface area contributed by atoms with E-state index < -0.39 is 29.0 Å². The number of benzene rings is 1. The second-order valence-electron chi connectivity index (χ2n) is 3.91. The number of phenols is 1. The number of hydrogen-bond donors (Lipinski definition) is 1. The fourth-order valence-electron chi connectivity index (χ4n) is 1.62. The lowest BCUT2D eigenvalue weighted by Crippen LogP contribution is -2.37. The number of carbonyl (C=O) groups is 2. The summed E-state index contributed by atoms with van der Waals surface area (Å²) in [6.07, 6.45) is 1.40. The molecule has 5 nitrogen and oxygen atoms in total. The van der Waals surface area contributed by atoms with Gasteiger partial charge in [0.2, 0.25) is 0 Å². The standard InChI is InChI=1S/C14H16FNO4/c1-3-8-16(9-12(18)20-4-2)14(19)13-10(15)6-5-7-11(13)17/h3,5-7,17H,1,4,8-9H2,2H3. The lowest BCUT2D eigenvalue weighted by molar-refractivity contribution is -0.143. The number of nitrogens with zero attached hydrogens (tertiary/aromatic N) is 1. The average molecular weight is 281 g/mol. The highest BCUT2D eigenvalue weighted by Crippen LogP contribution is 2.21. The molecule has 20 heavy (non-hydrogen) atoms. The first kappa shape index (κ1) is 15.7. The molecule has 108 valence electrons. The van der Waals surface area contributed by atoms with Crippen molar-refractivity contribution in [2.75, 3.05) is 19.7 Å². The van der Waals surface area contributed by atoms with Crippen LogP contribution < -0.4 is 0 Å². The zero-order valence-electron chi connectivity index (χ0n) is 11.1. The fourth-order valence-corrected chi connectivity index (χ4v) is 1.62. The van der Waals surface area contributed by atoms with Crippen molar-refractivity contribution in [3.05, 3.63) is 42.2 Å². The van der Waals surface area contributed by atoms with Gasteiger partial charge in [-0.1, -0.05) is 12.1 Å². The SMILES string of the molecule is C=CCN(CC(=O)OCC)C(=O)c1c(O)cccc1F. The number of esters is 1. The van der Waals surface area contributed by atoms with Gasteiger partial charge in [-0.05, 0) is 19.1 Å². The van der Waals surface area contributed by atoms with Crippen LogP contribution in [-0.2, 0) is 9.53 Å². The summed E-state index contributed by atoms with van der Waals surface area (Å²) in [7, 11) is 0. The maximum atomic E-state index is 13.6. The normalized spacial score (nSPS) is 9.90. The molecule has 0 aliphatic rings. The number of phenolic OH excluding ortho intramolecular Hbond substituents is 1. The highest BCUT2D eigenvalue weighted by Gasteiger charge is 2.24. The van der Waals surface area contributed by atoms with Crippen molar-refractivity contribution in [3.8, 4) is 5.75 Å². The van der Waals surface area contributed by atoms with E-state index >= 15 is 0 Å². The van der Waals surface area contributed by atoms with Crippen LogP contribution >= 0.6 is 0 Å². The Balaban J connectivity index is 2.99.